The van der Waals surface area contributed by atoms with E-state index in [9.17, 15) is 0 Å². The molecule has 1 aliphatic rings. The van der Waals surface area contributed by atoms with Crippen LogP contribution in [0.5, 0.6) is 6.01 Å². The van der Waals surface area contributed by atoms with Gasteiger partial charge in [0.1, 0.15) is 11.9 Å². The fraction of sp³-hybridized carbons (Fsp3) is 0.800. The molecule has 1 aromatic rings. The lowest BCUT2D eigenvalue weighted by molar-refractivity contribution is 0.112. The molecule has 2 rings (SSSR count). The fourth-order valence-electron chi connectivity index (χ4n) is 3.68. The molecule has 2 unspecified atom stereocenters. The lowest BCUT2D eigenvalue weighted by atomic mass is 9.94. The van der Waals surface area contributed by atoms with Crippen molar-refractivity contribution in [3.63, 3.8) is 0 Å². The Morgan fingerprint density at radius 3 is 2.71 bits per heavy atom. The van der Waals surface area contributed by atoms with E-state index in [1.165, 1.54) is 12.8 Å². The maximum atomic E-state index is 6.24. The predicted octanol–water partition coefficient (Wildman–Crippen LogP) is 2.79. The summed E-state index contributed by atoms with van der Waals surface area (Å²) in [5.74, 6) is 1.56. The highest BCUT2D eigenvalue weighted by molar-refractivity contribution is 5.74. The zero-order valence-electron chi connectivity index (χ0n) is 17.9. The molecule has 0 aromatic carbocycles. The monoisotopic (exact) mass is 394 g/mol. The van der Waals surface area contributed by atoms with Gasteiger partial charge in [-0.05, 0) is 65.0 Å². The molecule has 160 valence electrons. The van der Waals surface area contributed by atoms with Gasteiger partial charge in [0, 0.05) is 13.7 Å². The van der Waals surface area contributed by atoms with E-state index in [4.69, 9.17) is 20.9 Å². The highest BCUT2D eigenvalue weighted by Gasteiger charge is 2.23. The topological polar surface area (TPSA) is 112 Å². The number of aromatic nitrogens is 2. The van der Waals surface area contributed by atoms with Crippen LogP contribution in [0.1, 0.15) is 59.3 Å². The van der Waals surface area contributed by atoms with Gasteiger partial charge in [-0.1, -0.05) is 13.3 Å². The standard InChI is InChI=1S/C20H38N6O2/c1-5-8-14(2)28-20-24-18(22)17(21)19(25-20)26(15(3)27-4)12-7-10-16-9-6-11-23-13-16/h14-16,23H,5-13,21H2,1-4H3,(H2,22,24,25)/t14-,15?,16?/m0/s1. The second kappa shape index (κ2) is 11.3. The molecule has 5 N–H and O–H groups in total. The molecule has 28 heavy (non-hydrogen) atoms. The lowest BCUT2D eigenvalue weighted by Gasteiger charge is -2.31. The number of nitrogen functional groups attached to an aromatic ring is 2. The number of rotatable bonds is 11. The number of ether oxygens (including phenoxy) is 2. The van der Waals surface area contributed by atoms with Gasteiger partial charge in [-0.15, -0.1) is 0 Å². The van der Waals surface area contributed by atoms with Crippen LogP contribution in [-0.4, -0.2) is 49.0 Å². The lowest BCUT2D eigenvalue weighted by Crippen LogP contribution is -2.37. The first kappa shape index (κ1) is 22.5. The number of anilines is 3. The van der Waals surface area contributed by atoms with E-state index in [1.54, 1.807) is 7.11 Å². The molecule has 3 atom stereocenters. The molecule has 1 saturated heterocycles. The Balaban J connectivity index is 2.13. The zero-order chi connectivity index (χ0) is 20.5. The Morgan fingerprint density at radius 1 is 1.29 bits per heavy atom. The van der Waals surface area contributed by atoms with Gasteiger partial charge in [-0.3, -0.25) is 0 Å². The van der Waals surface area contributed by atoms with E-state index in [1.807, 2.05) is 13.8 Å². The maximum absolute atomic E-state index is 6.24. The van der Waals surface area contributed by atoms with Crippen LogP contribution in [0.2, 0.25) is 0 Å². The van der Waals surface area contributed by atoms with Crippen LogP contribution in [-0.2, 0) is 4.74 Å². The van der Waals surface area contributed by atoms with Gasteiger partial charge in [-0.2, -0.15) is 9.97 Å². The summed E-state index contributed by atoms with van der Waals surface area (Å²) in [6.07, 6.45) is 6.55. The molecular formula is C20H38N6O2. The molecule has 8 heteroatoms. The molecule has 0 spiro atoms. The molecule has 8 nitrogen and oxygen atoms in total. The van der Waals surface area contributed by atoms with E-state index in [0.29, 0.717) is 11.5 Å². The van der Waals surface area contributed by atoms with Gasteiger partial charge in [0.25, 0.3) is 0 Å². The fourth-order valence-corrected chi connectivity index (χ4v) is 3.68. The maximum Gasteiger partial charge on any atom is 0.320 e. The minimum absolute atomic E-state index is 0.0213. The third-order valence-electron chi connectivity index (χ3n) is 5.40. The average Bonchev–Trinajstić information content (AvgIpc) is 2.68. The number of hydrogen-bond donors (Lipinski definition) is 3. The molecule has 0 aliphatic carbocycles. The molecule has 1 aliphatic heterocycles. The number of piperidine rings is 1. The Bertz CT molecular complexity index is 594. The van der Waals surface area contributed by atoms with Crippen molar-refractivity contribution in [3.8, 4) is 6.01 Å². The van der Waals surface area contributed by atoms with Gasteiger partial charge in [-0.25, -0.2) is 0 Å². The average molecular weight is 395 g/mol. The van der Waals surface area contributed by atoms with Crippen LogP contribution in [0.4, 0.5) is 17.3 Å². The molecule has 0 saturated carbocycles. The van der Waals surface area contributed by atoms with Gasteiger partial charge in [0.05, 0.1) is 6.10 Å². The third-order valence-corrected chi connectivity index (χ3v) is 5.40. The molecule has 1 fully saturated rings. The Labute approximate surface area is 169 Å². The highest BCUT2D eigenvalue weighted by Crippen LogP contribution is 2.30. The SMILES string of the molecule is CCC[C@H](C)Oc1nc(N)c(N)c(N(CCCC2CCCNC2)C(C)OC)n1. The van der Waals surface area contributed by atoms with E-state index >= 15 is 0 Å². The number of methoxy groups -OCH3 is 1. The first-order valence-corrected chi connectivity index (χ1v) is 10.6. The smallest absolute Gasteiger partial charge is 0.320 e. The predicted molar refractivity (Wildman–Crippen MR) is 114 cm³/mol. The molecule has 1 aromatic heterocycles. The van der Waals surface area contributed by atoms with E-state index in [2.05, 4.69) is 27.1 Å². The van der Waals surface area contributed by atoms with E-state index in [-0.39, 0.29) is 24.2 Å². The zero-order valence-corrected chi connectivity index (χ0v) is 17.9. The number of nitrogens with zero attached hydrogens (tertiary/aromatic N) is 3. The van der Waals surface area contributed by atoms with Gasteiger partial charge >= 0.3 is 6.01 Å². The Morgan fingerprint density at radius 2 is 2.07 bits per heavy atom. The van der Waals surface area contributed by atoms with Crippen molar-refractivity contribution in [3.05, 3.63) is 0 Å². The van der Waals surface area contributed by atoms with Crippen LogP contribution in [0.3, 0.4) is 0 Å². The summed E-state index contributed by atoms with van der Waals surface area (Å²) >= 11 is 0. The summed E-state index contributed by atoms with van der Waals surface area (Å²) in [6.45, 7) is 9.14. The largest absolute Gasteiger partial charge is 0.460 e. The van der Waals surface area contributed by atoms with Gasteiger partial charge in [0.15, 0.2) is 11.6 Å². The van der Waals surface area contributed by atoms with Crippen molar-refractivity contribution < 1.29 is 9.47 Å². The molecule has 0 radical (unpaired) electrons. The van der Waals surface area contributed by atoms with E-state index in [0.717, 1.165) is 51.2 Å². The van der Waals surface area contributed by atoms with Crippen LogP contribution in [0.25, 0.3) is 0 Å². The quantitative estimate of drug-likeness (QED) is 0.491. The molecule has 0 amide bonds. The number of nitrogens with one attached hydrogen (secondary N) is 1. The minimum Gasteiger partial charge on any atom is -0.460 e. The van der Waals surface area contributed by atoms with E-state index < -0.39 is 0 Å². The number of hydrogen-bond acceptors (Lipinski definition) is 8. The summed E-state index contributed by atoms with van der Waals surface area (Å²) in [4.78, 5) is 10.9. The summed E-state index contributed by atoms with van der Waals surface area (Å²) in [6, 6.07) is 0.271. The molecule has 2 heterocycles. The van der Waals surface area contributed by atoms with Crippen molar-refractivity contribution in [2.45, 2.75) is 71.6 Å². The Hall–Kier alpha value is -1.80. The highest BCUT2D eigenvalue weighted by atomic mass is 16.5. The van der Waals surface area contributed by atoms with Crippen LogP contribution in [0, 0.1) is 5.92 Å². The second-order valence-electron chi connectivity index (χ2n) is 7.73. The molecule has 0 bridgehead atoms. The summed E-state index contributed by atoms with van der Waals surface area (Å²) in [7, 11) is 1.68. The van der Waals surface area contributed by atoms with Crippen molar-refractivity contribution in [2.75, 3.05) is 43.1 Å². The summed E-state index contributed by atoms with van der Waals surface area (Å²) < 4.78 is 11.4. The number of nitrogens with two attached hydrogens (primary N) is 2. The van der Waals surface area contributed by atoms with Crippen LogP contribution in [0.15, 0.2) is 0 Å². The van der Waals surface area contributed by atoms with Crippen LogP contribution >= 0.6 is 0 Å². The first-order valence-electron chi connectivity index (χ1n) is 10.6. The third kappa shape index (κ3) is 6.38. The second-order valence-corrected chi connectivity index (χ2v) is 7.73. The normalized spacial score (nSPS) is 19.2. The summed E-state index contributed by atoms with van der Waals surface area (Å²) in [5, 5.41) is 3.48. The van der Waals surface area contributed by atoms with Crippen molar-refractivity contribution in [2.24, 2.45) is 5.92 Å². The van der Waals surface area contributed by atoms with Crippen LogP contribution < -0.4 is 26.4 Å². The minimum atomic E-state index is -0.179. The van der Waals surface area contributed by atoms with Crippen molar-refractivity contribution in [1.29, 1.82) is 0 Å². The molecular weight excluding hydrogens is 356 g/mol. The van der Waals surface area contributed by atoms with Crippen molar-refractivity contribution in [1.82, 2.24) is 15.3 Å². The first-order chi connectivity index (χ1) is 13.5. The summed E-state index contributed by atoms with van der Waals surface area (Å²) in [5.41, 5.74) is 12.7. The van der Waals surface area contributed by atoms with Gasteiger partial charge in [0.2, 0.25) is 0 Å². The van der Waals surface area contributed by atoms with Crippen molar-refractivity contribution >= 4 is 17.3 Å². The Kier molecular flexibility index (Phi) is 9.05. The van der Waals surface area contributed by atoms with Gasteiger partial charge < -0.3 is 31.2 Å².